The van der Waals surface area contributed by atoms with Crippen molar-refractivity contribution < 1.29 is 14.3 Å². The number of carbonyl (C=O) groups is 1. The maximum atomic E-state index is 15.1. The van der Waals surface area contributed by atoms with E-state index < -0.39 is 17.7 Å². The minimum atomic E-state index is -0.958. The number of fused-ring (bicyclic) bond motifs is 3. The van der Waals surface area contributed by atoms with E-state index in [2.05, 4.69) is 5.10 Å². The normalized spacial score (nSPS) is 12.5. The second-order valence-electron chi connectivity index (χ2n) is 7.23. The standard InChI is InChI=1S/C23H21ClFN3O2/c1-3-7-16(23(29)30)20-18(4-2)26-22-15-8-5-6-9-19(15)27-28(22)21(20)14-11-10-13(24)12-17(14)25/h5-6,8-12,16H,3-4,7H2,1-2H3,(H,29,30). The van der Waals surface area contributed by atoms with Crippen LogP contribution in [0.2, 0.25) is 5.02 Å². The van der Waals surface area contributed by atoms with E-state index in [1.54, 1.807) is 16.6 Å². The molecule has 7 heteroatoms. The zero-order chi connectivity index (χ0) is 21.4. The van der Waals surface area contributed by atoms with Crippen LogP contribution in [0.1, 0.15) is 43.9 Å². The number of aliphatic carboxylic acids is 1. The summed E-state index contributed by atoms with van der Waals surface area (Å²) >= 11 is 5.98. The lowest BCUT2D eigenvalue weighted by Gasteiger charge is -2.21. The fraction of sp³-hybridized carbons (Fsp3) is 0.261. The van der Waals surface area contributed by atoms with Crippen molar-refractivity contribution in [2.75, 3.05) is 0 Å². The highest BCUT2D eigenvalue weighted by Crippen LogP contribution is 2.38. The van der Waals surface area contributed by atoms with Gasteiger partial charge in [-0.2, -0.15) is 5.10 Å². The maximum Gasteiger partial charge on any atom is 0.311 e. The van der Waals surface area contributed by atoms with Crippen LogP contribution in [0.5, 0.6) is 0 Å². The molecule has 4 aromatic rings. The van der Waals surface area contributed by atoms with Crippen molar-refractivity contribution >= 4 is 34.1 Å². The van der Waals surface area contributed by atoms with E-state index >= 15 is 4.39 Å². The molecule has 0 aliphatic carbocycles. The van der Waals surface area contributed by atoms with E-state index in [1.807, 2.05) is 38.1 Å². The van der Waals surface area contributed by atoms with E-state index in [4.69, 9.17) is 16.6 Å². The second-order valence-corrected chi connectivity index (χ2v) is 7.67. The van der Waals surface area contributed by atoms with Crippen molar-refractivity contribution in [1.29, 1.82) is 0 Å². The quantitative estimate of drug-likeness (QED) is 0.419. The van der Waals surface area contributed by atoms with Gasteiger partial charge in [-0.3, -0.25) is 4.79 Å². The topological polar surface area (TPSA) is 67.5 Å². The predicted octanol–water partition coefficient (Wildman–Crippen LogP) is 5.87. The smallest absolute Gasteiger partial charge is 0.311 e. The minimum Gasteiger partial charge on any atom is -0.481 e. The third-order valence-corrected chi connectivity index (χ3v) is 5.55. The number of carboxylic acids is 1. The molecule has 30 heavy (non-hydrogen) atoms. The molecule has 0 amide bonds. The summed E-state index contributed by atoms with van der Waals surface area (Å²) in [6.45, 7) is 3.85. The molecular weight excluding hydrogens is 405 g/mol. The van der Waals surface area contributed by atoms with E-state index in [9.17, 15) is 9.90 Å². The van der Waals surface area contributed by atoms with Gasteiger partial charge in [-0.15, -0.1) is 0 Å². The molecule has 1 unspecified atom stereocenters. The molecule has 1 atom stereocenters. The van der Waals surface area contributed by atoms with Gasteiger partial charge in [0.15, 0.2) is 5.65 Å². The molecule has 0 bridgehead atoms. The van der Waals surface area contributed by atoms with Crippen LogP contribution in [-0.2, 0) is 11.2 Å². The monoisotopic (exact) mass is 425 g/mol. The molecule has 0 spiro atoms. The summed E-state index contributed by atoms with van der Waals surface area (Å²) in [6, 6.07) is 11.9. The molecule has 2 aromatic heterocycles. The number of aromatic nitrogens is 3. The number of aryl methyl sites for hydroxylation is 1. The Labute approximate surface area is 178 Å². The fourth-order valence-electron chi connectivity index (χ4n) is 3.98. The molecule has 0 aliphatic heterocycles. The lowest BCUT2D eigenvalue weighted by Crippen LogP contribution is -2.18. The molecule has 0 fully saturated rings. The van der Waals surface area contributed by atoms with Crippen LogP contribution in [0.25, 0.3) is 27.8 Å². The number of rotatable bonds is 6. The van der Waals surface area contributed by atoms with Gasteiger partial charge in [-0.05, 0) is 43.2 Å². The number of nitrogens with zero attached hydrogens (tertiary/aromatic N) is 3. The Bertz CT molecular complexity index is 1270. The first kappa shape index (κ1) is 20.3. The first-order valence-electron chi connectivity index (χ1n) is 9.94. The van der Waals surface area contributed by atoms with Crippen LogP contribution in [-0.4, -0.2) is 25.7 Å². The van der Waals surface area contributed by atoms with E-state index in [-0.39, 0.29) is 10.6 Å². The minimum absolute atomic E-state index is 0.256. The summed E-state index contributed by atoms with van der Waals surface area (Å²) in [5.74, 6) is -2.31. The second kappa shape index (κ2) is 8.03. The molecule has 4 rings (SSSR count). The Morgan fingerprint density at radius 3 is 2.67 bits per heavy atom. The lowest BCUT2D eigenvalue weighted by molar-refractivity contribution is -0.139. The van der Waals surface area contributed by atoms with Crippen LogP contribution in [0.4, 0.5) is 4.39 Å². The van der Waals surface area contributed by atoms with Crippen LogP contribution in [0.15, 0.2) is 42.5 Å². The van der Waals surface area contributed by atoms with Crippen molar-refractivity contribution in [3.05, 3.63) is 64.6 Å². The van der Waals surface area contributed by atoms with Gasteiger partial charge in [0.1, 0.15) is 5.82 Å². The van der Waals surface area contributed by atoms with E-state index in [0.29, 0.717) is 47.4 Å². The van der Waals surface area contributed by atoms with Crippen molar-refractivity contribution in [3.8, 4) is 11.3 Å². The SMILES string of the molecule is CCCC(C(=O)O)c1c(CC)nc2c3ccccc3nn2c1-c1ccc(Cl)cc1F. The zero-order valence-electron chi connectivity index (χ0n) is 16.7. The molecule has 5 nitrogen and oxygen atoms in total. The Morgan fingerprint density at radius 2 is 2.00 bits per heavy atom. The van der Waals surface area contributed by atoms with Gasteiger partial charge in [-0.25, -0.2) is 13.9 Å². The Kier molecular flexibility index (Phi) is 5.43. The Hall–Kier alpha value is -2.99. The number of benzene rings is 2. The highest BCUT2D eigenvalue weighted by atomic mass is 35.5. The molecule has 2 heterocycles. The first-order valence-corrected chi connectivity index (χ1v) is 10.3. The molecule has 2 aromatic carbocycles. The van der Waals surface area contributed by atoms with Gasteiger partial charge in [0.2, 0.25) is 0 Å². The van der Waals surface area contributed by atoms with Crippen LogP contribution in [0.3, 0.4) is 0 Å². The summed E-state index contributed by atoms with van der Waals surface area (Å²) in [4.78, 5) is 17.0. The van der Waals surface area contributed by atoms with Gasteiger partial charge < -0.3 is 5.11 Å². The third-order valence-electron chi connectivity index (χ3n) is 5.32. The average molecular weight is 426 g/mol. The summed E-state index contributed by atoms with van der Waals surface area (Å²) in [5.41, 5.74) is 3.11. The zero-order valence-corrected chi connectivity index (χ0v) is 17.4. The maximum absolute atomic E-state index is 15.1. The van der Waals surface area contributed by atoms with Gasteiger partial charge in [0.25, 0.3) is 0 Å². The third kappa shape index (κ3) is 3.31. The summed E-state index contributed by atoms with van der Waals surface area (Å²) in [5, 5.41) is 15.8. The first-order chi connectivity index (χ1) is 14.5. The number of carboxylic acid groups (broad SMARTS) is 1. The van der Waals surface area contributed by atoms with Crippen molar-refractivity contribution in [2.24, 2.45) is 0 Å². The van der Waals surface area contributed by atoms with E-state index in [0.717, 1.165) is 5.39 Å². The Balaban J connectivity index is 2.20. The number of halogens is 2. The molecule has 0 saturated heterocycles. The van der Waals surface area contributed by atoms with Crippen molar-refractivity contribution in [3.63, 3.8) is 0 Å². The molecule has 0 saturated carbocycles. The van der Waals surface area contributed by atoms with Gasteiger partial charge in [-0.1, -0.05) is 44.0 Å². The van der Waals surface area contributed by atoms with Gasteiger partial charge in [0.05, 0.1) is 17.1 Å². The summed E-state index contributed by atoms with van der Waals surface area (Å²) in [7, 11) is 0. The molecule has 0 aliphatic rings. The van der Waals surface area contributed by atoms with Crippen LogP contribution < -0.4 is 0 Å². The molecular formula is C23H21ClFN3O2. The molecule has 154 valence electrons. The van der Waals surface area contributed by atoms with Crippen LogP contribution >= 0.6 is 11.6 Å². The Morgan fingerprint density at radius 1 is 1.23 bits per heavy atom. The number of hydrogen-bond acceptors (Lipinski definition) is 3. The molecule has 1 N–H and O–H groups in total. The largest absolute Gasteiger partial charge is 0.481 e. The predicted molar refractivity (Wildman–Crippen MR) is 116 cm³/mol. The van der Waals surface area contributed by atoms with Crippen molar-refractivity contribution in [1.82, 2.24) is 14.6 Å². The fourth-order valence-corrected chi connectivity index (χ4v) is 4.14. The summed E-state index contributed by atoms with van der Waals surface area (Å²) in [6.07, 6.45) is 1.60. The van der Waals surface area contributed by atoms with E-state index in [1.165, 1.54) is 6.07 Å². The number of hydrogen-bond donors (Lipinski definition) is 1. The highest BCUT2D eigenvalue weighted by molar-refractivity contribution is 6.30. The lowest BCUT2D eigenvalue weighted by atomic mass is 9.88. The highest BCUT2D eigenvalue weighted by Gasteiger charge is 2.30. The van der Waals surface area contributed by atoms with Gasteiger partial charge >= 0.3 is 5.97 Å². The average Bonchev–Trinajstić information content (AvgIpc) is 3.09. The van der Waals surface area contributed by atoms with Crippen LogP contribution in [0, 0.1) is 5.82 Å². The van der Waals surface area contributed by atoms with Gasteiger partial charge in [0, 0.05) is 27.2 Å². The molecule has 0 radical (unpaired) electrons. The van der Waals surface area contributed by atoms with Crippen molar-refractivity contribution in [2.45, 2.75) is 39.0 Å². The summed E-state index contributed by atoms with van der Waals surface area (Å²) < 4.78 is 16.7.